The summed E-state index contributed by atoms with van der Waals surface area (Å²) in [4.78, 5) is 12.1. The first-order chi connectivity index (χ1) is 11.6. The molecule has 0 bridgehead atoms. The lowest BCUT2D eigenvalue weighted by Crippen LogP contribution is -2.28. The van der Waals surface area contributed by atoms with Gasteiger partial charge in [-0.15, -0.1) is 0 Å². The third-order valence-corrected chi connectivity index (χ3v) is 3.60. The number of carbonyl (C=O) groups excluding carboxylic acids is 1. The van der Waals surface area contributed by atoms with Crippen LogP contribution < -0.4 is 24.8 Å². The molecule has 2 N–H and O–H groups in total. The minimum Gasteiger partial charge on any atom is -0.497 e. The third kappa shape index (κ3) is 4.45. The van der Waals surface area contributed by atoms with Gasteiger partial charge in [0.05, 0.1) is 32.0 Å². The molecular formula is C17H19ClN2O4. The maximum atomic E-state index is 12.1. The molecule has 0 aromatic heterocycles. The van der Waals surface area contributed by atoms with Crippen molar-refractivity contribution in [2.75, 3.05) is 26.6 Å². The Bertz CT molecular complexity index is 722. The van der Waals surface area contributed by atoms with Gasteiger partial charge < -0.3 is 24.8 Å². The van der Waals surface area contributed by atoms with Crippen molar-refractivity contribution in [1.82, 2.24) is 5.32 Å². The highest BCUT2D eigenvalue weighted by atomic mass is 35.5. The largest absolute Gasteiger partial charge is 0.497 e. The molecule has 0 aliphatic heterocycles. The second-order valence-electron chi connectivity index (χ2n) is 4.85. The zero-order valence-corrected chi connectivity index (χ0v) is 14.4. The Balaban J connectivity index is 2.02. The molecule has 2 amide bonds. The summed E-state index contributed by atoms with van der Waals surface area (Å²) >= 11 is 6.08. The quantitative estimate of drug-likeness (QED) is 0.833. The lowest BCUT2D eigenvalue weighted by Gasteiger charge is -2.14. The second kappa shape index (κ2) is 8.31. The number of urea groups is 1. The van der Waals surface area contributed by atoms with Crippen LogP contribution in [0.2, 0.25) is 5.02 Å². The highest BCUT2D eigenvalue weighted by molar-refractivity contribution is 6.32. The van der Waals surface area contributed by atoms with Crippen LogP contribution in [0.5, 0.6) is 17.2 Å². The van der Waals surface area contributed by atoms with E-state index in [2.05, 4.69) is 10.6 Å². The maximum Gasteiger partial charge on any atom is 0.319 e. The molecule has 0 atom stereocenters. The molecule has 0 aliphatic rings. The van der Waals surface area contributed by atoms with Gasteiger partial charge in [-0.2, -0.15) is 0 Å². The molecule has 0 unspecified atom stereocenters. The topological polar surface area (TPSA) is 68.8 Å². The summed E-state index contributed by atoms with van der Waals surface area (Å²) in [6.45, 7) is 0.356. The molecule has 0 spiro atoms. The monoisotopic (exact) mass is 350 g/mol. The number of methoxy groups -OCH3 is 3. The van der Waals surface area contributed by atoms with Crippen molar-refractivity contribution in [3.8, 4) is 17.2 Å². The van der Waals surface area contributed by atoms with Gasteiger partial charge in [-0.1, -0.05) is 23.7 Å². The molecule has 6 nitrogen and oxygen atoms in total. The van der Waals surface area contributed by atoms with Crippen molar-refractivity contribution in [1.29, 1.82) is 0 Å². The number of halogens is 1. The molecule has 0 fully saturated rings. The van der Waals surface area contributed by atoms with Gasteiger partial charge in [-0.25, -0.2) is 4.79 Å². The van der Waals surface area contributed by atoms with Crippen LogP contribution in [-0.4, -0.2) is 27.4 Å². The summed E-state index contributed by atoms with van der Waals surface area (Å²) in [6, 6.07) is 10.3. The predicted molar refractivity (Wildman–Crippen MR) is 93.4 cm³/mol. The Morgan fingerprint density at radius 2 is 1.79 bits per heavy atom. The Morgan fingerprint density at radius 1 is 1.04 bits per heavy atom. The van der Waals surface area contributed by atoms with E-state index in [0.717, 1.165) is 11.3 Å². The number of anilines is 1. The van der Waals surface area contributed by atoms with E-state index in [4.69, 9.17) is 25.8 Å². The second-order valence-corrected chi connectivity index (χ2v) is 5.25. The zero-order valence-electron chi connectivity index (χ0n) is 13.7. The van der Waals surface area contributed by atoms with E-state index in [1.54, 1.807) is 19.2 Å². The molecule has 2 rings (SSSR count). The SMILES string of the molecule is COc1cccc(CNC(=O)Nc2cc(Cl)c(OC)cc2OC)c1. The number of rotatable bonds is 6. The fraction of sp³-hybridized carbons (Fsp3) is 0.235. The third-order valence-electron chi connectivity index (χ3n) is 3.31. The molecule has 128 valence electrons. The van der Waals surface area contributed by atoms with Crippen molar-refractivity contribution in [2.24, 2.45) is 0 Å². The van der Waals surface area contributed by atoms with E-state index in [-0.39, 0.29) is 6.03 Å². The summed E-state index contributed by atoms with van der Waals surface area (Å²) in [5.41, 5.74) is 1.37. The molecule has 0 heterocycles. The lowest BCUT2D eigenvalue weighted by atomic mass is 10.2. The Morgan fingerprint density at radius 3 is 2.46 bits per heavy atom. The van der Waals surface area contributed by atoms with Crippen LogP contribution in [0.1, 0.15) is 5.56 Å². The van der Waals surface area contributed by atoms with Gasteiger partial charge in [-0.3, -0.25) is 0 Å². The summed E-state index contributed by atoms with van der Waals surface area (Å²) in [5, 5.41) is 5.85. The molecule has 0 saturated heterocycles. The van der Waals surface area contributed by atoms with Crippen LogP contribution in [0.3, 0.4) is 0 Å². The first-order valence-corrected chi connectivity index (χ1v) is 7.54. The number of carbonyl (C=O) groups is 1. The number of hydrogen-bond donors (Lipinski definition) is 2. The van der Waals surface area contributed by atoms with Crippen molar-refractivity contribution in [3.63, 3.8) is 0 Å². The number of benzene rings is 2. The highest BCUT2D eigenvalue weighted by Crippen LogP contribution is 2.35. The standard InChI is InChI=1S/C17H19ClN2O4/c1-22-12-6-4-5-11(7-12)10-19-17(21)20-14-8-13(18)15(23-2)9-16(14)24-3/h4-9H,10H2,1-3H3,(H2,19,20,21). The van der Waals surface area contributed by atoms with Gasteiger partial charge >= 0.3 is 6.03 Å². The fourth-order valence-electron chi connectivity index (χ4n) is 2.09. The summed E-state index contributed by atoms with van der Waals surface area (Å²) in [6.07, 6.45) is 0. The van der Waals surface area contributed by atoms with Gasteiger partial charge in [-0.05, 0) is 23.8 Å². The number of amides is 2. The zero-order chi connectivity index (χ0) is 17.5. The van der Waals surface area contributed by atoms with Crippen LogP contribution in [0.4, 0.5) is 10.5 Å². The van der Waals surface area contributed by atoms with Crippen LogP contribution in [0, 0.1) is 0 Å². The smallest absolute Gasteiger partial charge is 0.319 e. The molecule has 2 aromatic rings. The van der Waals surface area contributed by atoms with E-state index >= 15 is 0 Å². The highest BCUT2D eigenvalue weighted by Gasteiger charge is 2.12. The minimum absolute atomic E-state index is 0.356. The van der Waals surface area contributed by atoms with Gasteiger partial charge in [0.25, 0.3) is 0 Å². The van der Waals surface area contributed by atoms with Crippen molar-refractivity contribution in [3.05, 3.63) is 47.0 Å². The lowest BCUT2D eigenvalue weighted by molar-refractivity contribution is 0.251. The first kappa shape index (κ1) is 17.7. The molecular weight excluding hydrogens is 332 g/mol. The van der Waals surface area contributed by atoms with Gasteiger partial charge in [0, 0.05) is 12.6 Å². The molecule has 0 radical (unpaired) electrons. The number of hydrogen-bond acceptors (Lipinski definition) is 4. The molecule has 0 aliphatic carbocycles. The average molecular weight is 351 g/mol. The normalized spacial score (nSPS) is 10.0. The van der Waals surface area contributed by atoms with Gasteiger partial charge in [0.1, 0.15) is 17.2 Å². The number of ether oxygens (including phenoxy) is 3. The van der Waals surface area contributed by atoms with Crippen LogP contribution in [0.15, 0.2) is 36.4 Å². The summed E-state index contributed by atoms with van der Waals surface area (Å²) < 4.78 is 15.5. The molecule has 24 heavy (non-hydrogen) atoms. The van der Waals surface area contributed by atoms with E-state index < -0.39 is 0 Å². The number of nitrogens with one attached hydrogen (secondary N) is 2. The summed E-state index contributed by atoms with van der Waals surface area (Å²) in [7, 11) is 4.61. The van der Waals surface area contributed by atoms with Crippen molar-refractivity contribution < 1.29 is 19.0 Å². The fourth-order valence-corrected chi connectivity index (χ4v) is 2.33. The van der Waals surface area contributed by atoms with E-state index in [1.807, 2.05) is 24.3 Å². The van der Waals surface area contributed by atoms with Gasteiger partial charge in [0.15, 0.2) is 0 Å². The van der Waals surface area contributed by atoms with E-state index in [0.29, 0.717) is 28.8 Å². The minimum atomic E-state index is -0.377. The van der Waals surface area contributed by atoms with Crippen LogP contribution in [-0.2, 0) is 6.54 Å². The van der Waals surface area contributed by atoms with Crippen molar-refractivity contribution in [2.45, 2.75) is 6.54 Å². The Kier molecular flexibility index (Phi) is 6.14. The molecule has 2 aromatic carbocycles. The Labute approximate surface area is 145 Å². The van der Waals surface area contributed by atoms with Crippen molar-refractivity contribution >= 4 is 23.3 Å². The first-order valence-electron chi connectivity index (χ1n) is 7.16. The van der Waals surface area contributed by atoms with E-state index in [9.17, 15) is 4.79 Å². The average Bonchev–Trinajstić information content (AvgIpc) is 2.60. The van der Waals surface area contributed by atoms with Crippen LogP contribution in [0.25, 0.3) is 0 Å². The predicted octanol–water partition coefficient (Wildman–Crippen LogP) is 3.69. The summed E-state index contributed by atoms with van der Waals surface area (Å²) in [5.74, 6) is 1.65. The Hall–Kier alpha value is -2.60. The molecule has 7 heteroatoms. The van der Waals surface area contributed by atoms with E-state index in [1.165, 1.54) is 14.2 Å². The van der Waals surface area contributed by atoms with Crippen LogP contribution >= 0.6 is 11.6 Å². The van der Waals surface area contributed by atoms with Gasteiger partial charge in [0.2, 0.25) is 0 Å². The molecule has 0 saturated carbocycles. The maximum absolute atomic E-state index is 12.1.